The third-order valence-corrected chi connectivity index (χ3v) is 2.55. The molecule has 0 saturated carbocycles. The maximum atomic E-state index is 11.1. The van der Waals surface area contributed by atoms with E-state index in [1.807, 2.05) is 13.0 Å². The fourth-order valence-corrected chi connectivity index (χ4v) is 1.51. The summed E-state index contributed by atoms with van der Waals surface area (Å²) in [7, 11) is 1.31. The van der Waals surface area contributed by atoms with E-state index in [-0.39, 0.29) is 5.12 Å². The Bertz CT molecular complexity index is 323. The highest BCUT2D eigenvalue weighted by Gasteiger charge is 1.92. The predicted octanol–water partition coefficient (Wildman–Crippen LogP) is 2.56. The average molecular weight is 254 g/mol. The molecule has 0 aliphatic heterocycles. The fourth-order valence-electron chi connectivity index (χ4n) is 1.03. The van der Waals surface area contributed by atoms with Gasteiger partial charge in [-0.05, 0) is 31.1 Å². The van der Waals surface area contributed by atoms with E-state index in [1.54, 1.807) is 6.08 Å². The van der Waals surface area contributed by atoms with Gasteiger partial charge in [0.2, 0.25) is 5.12 Å². The normalized spacial score (nSPS) is 9.76. The summed E-state index contributed by atoms with van der Waals surface area (Å²) >= 11 is 1.31. The molecule has 0 spiro atoms. The van der Waals surface area contributed by atoms with E-state index in [0.29, 0.717) is 6.42 Å². The maximum absolute atomic E-state index is 11.1. The van der Waals surface area contributed by atoms with Crippen molar-refractivity contribution in [3.8, 4) is 11.8 Å². The quantitative estimate of drug-likeness (QED) is 0.240. The van der Waals surface area contributed by atoms with Gasteiger partial charge in [0, 0.05) is 12.3 Å². The summed E-state index contributed by atoms with van der Waals surface area (Å²) in [6.07, 6.45) is 6.95. The van der Waals surface area contributed by atoms with Gasteiger partial charge in [-0.1, -0.05) is 30.7 Å². The molecule has 0 aliphatic rings. The molecule has 0 aromatic carbocycles. The Balaban J connectivity index is 3.49. The van der Waals surface area contributed by atoms with Gasteiger partial charge >= 0.3 is 5.97 Å². The van der Waals surface area contributed by atoms with Crippen LogP contribution >= 0.6 is 11.8 Å². The third-order valence-electron chi connectivity index (χ3n) is 1.84. The van der Waals surface area contributed by atoms with Crippen molar-refractivity contribution in [2.75, 3.05) is 12.9 Å². The van der Waals surface area contributed by atoms with Crippen molar-refractivity contribution in [3.63, 3.8) is 0 Å². The average Bonchev–Trinajstić information content (AvgIpc) is 2.32. The van der Waals surface area contributed by atoms with Crippen molar-refractivity contribution < 1.29 is 14.3 Å². The van der Waals surface area contributed by atoms with Crippen molar-refractivity contribution in [1.29, 1.82) is 0 Å². The molecule has 0 aliphatic carbocycles. The summed E-state index contributed by atoms with van der Waals surface area (Å²) in [5.41, 5.74) is 0. The molecular formula is C13H18O3S. The number of carbonyl (C=O) groups excluding carboxylic acids is 2. The molecule has 0 unspecified atom stereocenters. The van der Waals surface area contributed by atoms with E-state index in [9.17, 15) is 9.59 Å². The molecule has 0 aromatic rings. The molecule has 0 bridgehead atoms. The van der Waals surface area contributed by atoms with E-state index in [1.165, 1.54) is 18.9 Å². The first-order valence-electron chi connectivity index (χ1n) is 5.60. The van der Waals surface area contributed by atoms with E-state index < -0.39 is 5.97 Å². The number of thioether (sulfide) groups is 1. The second kappa shape index (κ2) is 11.3. The SMILES string of the molecule is CCSC(=O)/C=C/CCCCC#CC(=O)OC. The highest BCUT2D eigenvalue weighted by atomic mass is 32.2. The standard InChI is InChI=1S/C13H18O3S/c1-3-17-13(15)11-9-7-5-4-6-8-10-12(14)16-2/h9,11H,3-7H2,1-2H3/b11-9+. The lowest BCUT2D eigenvalue weighted by molar-refractivity contribution is -0.133. The third kappa shape index (κ3) is 11.1. The Morgan fingerprint density at radius 2 is 2.12 bits per heavy atom. The van der Waals surface area contributed by atoms with Crippen LogP contribution in [-0.2, 0) is 14.3 Å². The molecule has 0 radical (unpaired) electrons. The van der Waals surface area contributed by atoms with Crippen LogP contribution in [-0.4, -0.2) is 23.9 Å². The van der Waals surface area contributed by atoms with E-state index in [4.69, 9.17) is 0 Å². The topological polar surface area (TPSA) is 43.4 Å². The van der Waals surface area contributed by atoms with Crippen LogP contribution in [0.3, 0.4) is 0 Å². The van der Waals surface area contributed by atoms with E-state index in [0.717, 1.165) is 25.0 Å². The number of ether oxygens (including phenoxy) is 1. The first-order valence-corrected chi connectivity index (χ1v) is 6.59. The Kier molecular flexibility index (Phi) is 10.5. The Hall–Kier alpha value is -1.21. The summed E-state index contributed by atoms with van der Waals surface area (Å²) in [6, 6.07) is 0. The Morgan fingerprint density at radius 3 is 2.76 bits per heavy atom. The van der Waals surface area contributed by atoms with Gasteiger partial charge in [0.1, 0.15) is 0 Å². The van der Waals surface area contributed by atoms with Gasteiger partial charge in [0.25, 0.3) is 0 Å². The Morgan fingerprint density at radius 1 is 1.35 bits per heavy atom. The molecule has 17 heavy (non-hydrogen) atoms. The molecular weight excluding hydrogens is 236 g/mol. The highest BCUT2D eigenvalue weighted by Crippen LogP contribution is 2.04. The molecule has 3 nitrogen and oxygen atoms in total. The number of carbonyl (C=O) groups is 2. The van der Waals surface area contributed by atoms with Crippen LogP contribution in [0.25, 0.3) is 0 Å². The lowest BCUT2D eigenvalue weighted by atomic mass is 10.2. The van der Waals surface area contributed by atoms with Crippen LogP contribution in [0.15, 0.2) is 12.2 Å². The van der Waals surface area contributed by atoms with Gasteiger partial charge < -0.3 is 4.74 Å². The lowest BCUT2D eigenvalue weighted by Crippen LogP contribution is -1.94. The van der Waals surface area contributed by atoms with E-state index in [2.05, 4.69) is 16.6 Å². The van der Waals surface area contributed by atoms with Crippen LogP contribution < -0.4 is 0 Å². The fraction of sp³-hybridized carbons (Fsp3) is 0.538. The number of rotatable bonds is 6. The number of hydrogen-bond donors (Lipinski definition) is 0. The zero-order valence-corrected chi connectivity index (χ0v) is 11.1. The van der Waals surface area contributed by atoms with Gasteiger partial charge in [-0.3, -0.25) is 4.79 Å². The Labute approximate surface area is 107 Å². The summed E-state index contributed by atoms with van der Waals surface area (Å²) in [6.45, 7) is 1.95. The molecule has 0 N–H and O–H groups in total. The van der Waals surface area contributed by atoms with Crippen LogP contribution in [0.2, 0.25) is 0 Å². The molecule has 0 heterocycles. The van der Waals surface area contributed by atoms with Crippen LogP contribution in [0.4, 0.5) is 0 Å². The molecule has 0 atom stereocenters. The highest BCUT2D eigenvalue weighted by molar-refractivity contribution is 8.14. The number of methoxy groups -OCH3 is 1. The minimum Gasteiger partial charge on any atom is -0.459 e. The number of allylic oxidation sites excluding steroid dienone is 1. The van der Waals surface area contributed by atoms with Crippen molar-refractivity contribution in [2.45, 2.75) is 32.6 Å². The first-order chi connectivity index (χ1) is 8.20. The van der Waals surface area contributed by atoms with Crippen LogP contribution in [0.1, 0.15) is 32.6 Å². The maximum Gasteiger partial charge on any atom is 0.384 e. The van der Waals surface area contributed by atoms with Gasteiger partial charge in [-0.25, -0.2) is 4.79 Å². The van der Waals surface area contributed by atoms with Gasteiger partial charge in [-0.15, -0.1) is 0 Å². The minimum atomic E-state index is -0.493. The minimum absolute atomic E-state index is 0.109. The molecule has 0 saturated heterocycles. The number of esters is 1. The second-order valence-corrected chi connectivity index (χ2v) is 4.46. The molecule has 4 heteroatoms. The van der Waals surface area contributed by atoms with Crippen molar-refractivity contribution in [1.82, 2.24) is 0 Å². The molecule has 0 fully saturated rings. The van der Waals surface area contributed by atoms with Crippen molar-refractivity contribution >= 4 is 22.8 Å². The van der Waals surface area contributed by atoms with Crippen LogP contribution in [0.5, 0.6) is 0 Å². The summed E-state index contributed by atoms with van der Waals surface area (Å²) in [5, 5.41) is 0.109. The molecule has 0 amide bonds. The number of hydrogen-bond acceptors (Lipinski definition) is 4. The predicted molar refractivity (Wildman–Crippen MR) is 70.5 cm³/mol. The first kappa shape index (κ1) is 15.8. The van der Waals surface area contributed by atoms with Crippen molar-refractivity contribution in [3.05, 3.63) is 12.2 Å². The largest absolute Gasteiger partial charge is 0.459 e. The van der Waals surface area contributed by atoms with Gasteiger partial charge in [0.05, 0.1) is 7.11 Å². The van der Waals surface area contributed by atoms with Gasteiger partial charge in [0.15, 0.2) is 0 Å². The second-order valence-electron chi connectivity index (χ2n) is 3.19. The number of unbranched alkanes of at least 4 members (excludes halogenated alkanes) is 3. The zero-order chi connectivity index (χ0) is 12.9. The smallest absolute Gasteiger partial charge is 0.384 e. The van der Waals surface area contributed by atoms with E-state index >= 15 is 0 Å². The molecule has 94 valence electrons. The molecule has 0 rings (SSSR count). The summed E-state index contributed by atoms with van der Waals surface area (Å²) < 4.78 is 4.38. The zero-order valence-electron chi connectivity index (χ0n) is 10.3. The van der Waals surface area contributed by atoms with Crippen LogP contribution in [0, 0.1) is 11.8 Å². The van der Waals surface area contributed by atoms with Gasteiger partial charge in [-0.2, -0.15) is 0 Å². The summed E-state index contributed by atoms with van der Waals surface area (Å²) in [4.78, 5) is 21.7. The lowest BCUT2D eigenvalue weighted by Gasteiger charge is -1.92. The van der Waals surface area contributed by atoms with Crippen molar-refractivity contribution in [2.24, 2.45) is 0 Å². The molecule has 0 aromatic heterocycles. The summed E-state index contributed by atoms with van der Waals surface area (Å²) in [5.74, 6) is 5.43. The monoisotopic (exact) mass is 254 g/mol.